The van der Waals surface area contributed by atoms with Crippen LogP contribution in [0.5, 0.6) is 0 Å². The van der Waals surface area contributed by atoms with Crippen molar-refractivity contribution >= 4 is 18.4 Å². The molecular formula is C16H23F3O6SSi. The van der Waals surface area contributed by atoms with E-state index < -0.39 is 53.9 Å². The van der Waals surface area contributed by atoms with Gasteiger partial charge in [0.2, 0.25) is 6.29 Å². The van der Waals surface area contributed by atoms with E-state index in [1.807, 2.05) is 39.9 Å². The van der Waals surface area contributed by atoms with Gasteiger partial charge in [-0.2, -0.15) is 21.6 Å². The normalized spacial score (nSPS) is 31.1. The molecule has 0 bridgehead atoms. The number of alkyl halides is 3. The van der Waals surface area contributed by atoms with E-state index in [1.54, 1.807) is 0 Å². The first kappa shape index (κ1) is 20.7. The second-order valence-corrected chi connectivity index (χ2v) is 14.7. The fourth-order valence-corrected chi connectivity index (χ4v) is 4.93. The van der Waals surface area contributed by atoms with E-state index >= 15 is 0 Å². The minimum absolute atomic E-state index is 0.132. The first-order valence-corrected chi connectivity index (χ1v) is 12.8. The van der Waals surface area contributed by atoms with Crippen LogP contribution in [0.4, 0.5) is 13.2 Å². The molecule has 1 fully saturated rings. The minimum atomic E-state index is -5.80. The van der Waals surface area contributed by atoms with Crippen LogP contribution in [0, 0.1) is 11.8 Å². The van der Waals surface area contributed by atoms with Crippen molar-refractivity contribution < 1.29 is 39.7 Å². The lowest BCUT2D eigenvalue weighted by Gasteiger charge is -2.41. The van der Waals surface area contributed by atoms with Crippen LogP contribution in [0.15, 0.2) is 23.7 Å². The summed E-state index contributed by atoms with van der Waals surface area (Å²) < 4.78 is 82.9. The molecule has 0 amide bonds. The Morgan fingerprint density at radius 1 is 1.19 bits per heavy atom. The van der Waals surface area contributed by atoms with Crippen LogP contribution >= 0.6 is 0 Å². The highest BCUT2D eigenvalue weighted by atomic mass is 32.2. The van der Waals surface area contributed by atoms with Crippen molar-refractivity contribution in [2.75, 3.05) is 6.61 Å². The van der Waals surface area contributed by atoms with Crippen molar-refractivity contribution in [3.63, 3.8) is 0 Å². The molecule has 11 heteroatoms. The summed E-state index contributed by atoms with van der Waals surface area (Å²) in [7, 11) is -8.08. The SMILES string of the molecule is CC(C)(C)[Si](C)(C)O[C@H]1C=C2CO[C@H]3OC=C(OS(=O)(=O)C(F)(F)F)[C@@H]1[C@@H]23. The molecule has 2 heterocycles. The maximum absolute atomic E-state index is 12.8. The molecule has 2 aliphatic heterocycles. The third-order valence-electron chi connectivity index (χ3n) is 5.63. The summed E-state index contributed by atoms with van der Waals surface area (Å²) in [5.74, 6) is -1.58. The molecule has 0 N–H and O–H groups in total. The molecule has 1 saturated heterocycles. The molecule has 3 aliphatic rings. The smallest absolute Gasteiger partial charge is 0.468 e. The van der Waals surface area contributed by atoms with Gasteiger partial charge in [0, 0.05) is 0 Å². The average molecular weight is 429 g/mol. The number of ether oxygens (including phenoxy) is 2. The van der Waals surface area contributed by atoms with Gasteiger partial charge in [0.25, 0.3) is 0 Å². The van der Waals surface area contributed by atoms with E-state index in [-0.39, 0.29) is 11.6 Å². The minimum Gasteiger partial charge on any atom is -0.468 e. The van der Waals surface area contributed by atoms with E-state index in [0.717, 1.165) is 11.8 Å². The predicted molar refractivity (Wildman–Crippen MR) is 92.1 cm³/mol. The Morgan fingerprint density at radius 2 is 1.81 bits per heavy atom. The van der Waals surface area contributed by atoms with Gasteiger partial charge in [0.05, 0.1) is 24.5 Å². The van der Waals surface area contributed by atoms with Gasteiger partial charge in [-0.1, -0.05) is 26.8 Å². The van der Waals surface area contributed by atoms with Crippen LogP contribution in [0.25, 0.3) is 0 Å². The summed E-state index contributed by atoms with van der Waals surface area (Å²) in [6, 6.07) is 0. The summed E-state index contributed by atoms with van der Waals surface area (Å²) >= 11 is 0. The molecule has 6 nitrogen and oxygen atoms in total. The van der Waals surface area contributed by atoms with Gasteiger partial charge < -0.3 is 18.1 Å². The van der Waals surface area contributed by atoms with Gasteiger partial charge in [-0.05, 0) is 23.7 Å². The van der Waals surface area contributed by atoms with Crippen LogP contribution in [0.3, 0.4) is 0 Å². The van der Waals surface area contributed by atoms with Crippen molar-refractivity contribution in [2.45, 2.75) is 56.8 Å². The van der Waals surface area contributed by atoms with E-state index in [1.165, 1.54) is 0 Å². The zero-order valence-electron chi connectivity index (χ0n) is 15.7. The summed E-state index contributed by atoms with van der Waals surface area (Å²) in [6.45, 7) is 10.4. The van der Waals surface area contributed by atoms with Crippen LogP contribution in [0.1, 0.15) is 20.8 Å². The molecule has 3 rings (SSSR count). The van der Waals surface area contributed by atoms with Gasteiger partial charge in [0.15, 0.2) is 14.1 Å². The van der Waals surface area contributed by atoms with Crippen LogP contribution in [0.2, 0.25) is 18.1 Å². The second kappa shape index (κ2) is 6.23. The van der Waals surface area contributed by atoms with Crippen LogP contribution < -0.4 is 0 Å². The van der Waals surface area contributed by atoms with Crippen molar-refractivity contribution in [3.05, 3.63) is 23.7 Å². The van der Waals surface area contributed by atoms with E-state index in [4.69, 9.17) is 13.9 Å². The predicted octanol–water partition coefficient (Wildman–Crippen LogP) is 3.64. The molecule has 1 aliphatic carbocycles. The van der Waals surface area contributed by atoms with E-state index in [9.17, 15) is 21.6 Å². The van der Waals surface area contributed by atoms with Crippen molar-refractivity contribution in [2.24, 2.45) is 11.8 Å². The Morgan fingerprint density at radius 3 is 2.37 bits per heavy atom. The molecule has 0 aromatic carbocycles. The van der Waals surface area contributed by atoms with Crippen molar-refractivity contribution in [1.29, 1.82) is 0 Å². The van der Waals surface area contributed by atoms with E-state index in [2.05, 4.69) is 4.18 Å². The van der Waals surface area contributed by atoms with Crippen LogP contribution in [-0.2, 0) is 28.2 Å². The molecule has 0 radical (unpaired) electrons. The maximum atomic E-state index is 12.8. The van der Waals surface area contributed by atoms with Crippen LogP contribution in [-0.4, -0.2) is 41.2 Å². The zero-order valence-corrected chi connectivity index (χ0v) is 17.5. The molecule has 0 aromatic heterocycles. The Bertz CT molecular complexity index is 781. The fourth-order valence-electron chi connectivity index (χ4n) is 3.18. The second-order valence-electron chi connectivity index (χ2n) is 8.45. The summed E-state index contributed by atoms with van der Waals surface area (Å²) in [4.78, 5) is 0. The number of halogens is 3. The Balaban J connectivity index is 1.92. The summed E-state index contributed by atoms with van der Waals surface area (Å²) in [5.41, 5.74) is -4.70. The summed E-state index contributed by atoms with van der Waals surface area (Å²) in [6.07, 6.45) is 1.42. The van der Waals surface area contributed by atoms with Gasteiger partial charge in [0.1, 0.15) is 6.26 Å². The monoisotopic (exact) mass is 428 g/mol. The Hall–Kier alpha value is -1.04. The molecule has 27 heavy (non-hydrogen) atoms. The largest absolute Gasteiger partial charge is 0.534 e. The topological polar surface area (TPSA) is 71.1 Å². The van der Waals surface area contributed by atoms with Gasteiger partial charge >= 0.3 is 15.6 Å². The lowest BCUT2D eigenvalue weighted by molar-refractivity contribution is -0.122. The third kappa shape index (κ3) is 3.54. The highest BCUT2D eigenvalue weighted by Crippen LogP contribution is 2.51. The van der Waals surface area contributed by atoms with E-state index in [0.29, 0.717) is 0 Å². The first-order chi connectivity index (χ1) is 12.1. The number of hydrogen-bond acceptors (Lipinski definition) is 6. The maximum Gasteiger partial charge on any atom is 0.534 e. The summed E-state index contributed by atoms with van der Waals surface area (Å²) in [5, 5.41) is -0.132. The fraction of sp³-hybridized carbons (Fsp3) is 0.750. The number of hydrogen-bond donors (Lipinski definition) is 0. The highest BCUT2D eigenvalue weighted by Gasteiger charge is 2.57. The molecule has 4 atom stereocenters. The molecule has 0 spiro atoms. The van der Waals surface area contributed by atoms with Gasteiger partial charge in [-0.15, -0.1) is 0 Å². The van der Waals surface area contributed by atoms with Gasteiger partial charge in [-0.3, -0.25) is 0 Å². The van der Waals surface area contributed by atoms with Crippen molar-refractivity contribution in [1.82, 2.24) is 0 Å². The third-order valence-corrected chi connectivity index (χ3v) is 11.1. The quantitative estimate of drug-likeness (QED) is 0.295. The standard InChI is InChI=1S/C16H23F3O6SSi/c1-15(2,3)27(4,5)25-10-6-9-7-22-14-12(9)13(10)11(8-23-14)24-26(20,21)16(17,18)19/h6,8,10,12-14H,7H2,1-5H3/t10-,12+,13+,14-/m0/s1. The van der Waals surface area contributed by atoms with Crippen molar-refractivity contribution in [3.8, 4) is 0 Å². The lowest BCUT2D eigenvalue weighted by Crippen LogP contribution is -2.47. The molecule has 0 unspecified atom stereocenters. The lowest BCUT2D eigenvalue weighted by atomic mass is 9.88. The number of rotatable bonds is 4. The molecule has 0 saturated carbocycles. The average Bonchev–Trinajstić information content (AvgIpc) is 3.02. The first-order valence-electron chi connectivity index (χ1n) is 8.50. The molecule has 0 aromatic rings. The van der Waals surface area contributed by atoms with Gasteiger partial charge in [-0.25, -0.2) is 0 Å². The zero-order chi connectivity index (χ0) is 20.4. The Kier molecular flexibility index (Phi) is 4.77. The molecular weight excluding hydrogens is 405 g/mol. The highest BCUT2D eigenvalue weighted by molar-refractivity contribution is 7.87. The Labute approximate surface area is 157 Å². The molecule has 154 valence electrons.